The van der Waals surface area contributed by atoms with Crippen LogP contribution >= 0.6 is 15.9 Å². The third-order valence-electron chi connectivity index (χ3n) is 2.02. The monoisotopic (exact) mass is 298 g/mol. The molecule has 0 bridgehead atoms. The molecule has 1 heterocycles. The first-order chi connectivity index (χ1) is 8.06. The Morgan fingerprint density at radius 2 is 2.24 bits per heavy atom. The fourth-order valence-electron chi connectivity index (χ4n) is 1.23. The van der Waals surface area contributed by atoms with Gasteiger partial charge in [-0.1, -0.05) is 15.9 Å². The minimum Gasteiger partial charge on any atom is -0.382 e. The van der Waals surface area contributed by atoms with Crippen molar-refractivity contribution < 1.29 is 9.18 Å². The van der Waals surface area contributed by atoms with E-state index in [1.54, 1.807) is 6.07 Å². The number of halogens is 2. The zero-order valence-electron chi connectivity index (χ0n) is 8.50. The van der Waals surface area contributed by atoms with Crippen molar-refractivity contribution in [1.29, 1.82) is 0 Å². The van der Waals surface area contributed by atoms with Crippen molar-refractivity contribution >= 4 is 33.3 Å². The van der Waals surface area contributed by atoms with Gasteiger partial charge < -0.3 is 11.1 Å². The van der Waals surface area contributed by atoms with Crippen molar-refractivity contribution in [3.8, 4) is 0 Å². The van der Waals surface area contributed by atoms with E-state index >= 15 is 0 Å². The smallest absolute Gasteiger partial charge is 0.273 e. The van der Waals surface area contributed by atoms with Gasteiger partial charge in [-0.25, -0.2) is 4.39 Å². The average molecular weight is 299 g/mol. The highest BCUT2D eigenvalue weighted by Gasteiger charge is 2.11. The summed E-state index contributed by atoms with van der Waals surface area (Å²) in [4.78, 5) is 11.6. The lowest BCUT2D eigenvalue weighted by atomic mass is 10.3. The maximum atomic E-state index is 13.4. The zero-order valence-corrected chi connectivity index (χ0v) is 10.1. The Balaban J connectivity index is 2.18. The van der Waals surface area contributed by atoms with Gasteiger partial charge in [-0.3, -0.25) is 9.89 Å². The Kier molecular flexibility index (Phi) is 3.10. The van der Waals surface area contributed by atoms with Gasteiger partial charge in [-0.05, 0) is 18.2 Å². The van der Waals surface area contributed by atoms with Gasteiger partial charge in [0.2, 0.25) is 0 Å². The number of rotatable bonds is 2. The van der Waals surface area contributed by atoms with Gasteiger partial charge in [0.15, 0.2) is 0 Å². The third kappa shape index (κ3) is 2.62. The standard InChI is InChI=1S/C10H8BrFN4O/c11-5-1-2-7(6(12)3-5)14-10(17)8-4-9(13)16-15-8/h1-4H,(H,14,17)(H3,13,15,16). The molecule has 1 aromatic heterocycles. The molecule has 1 amide bonds. The minimum absolute atomic E-state index is 0.0892. The molecule has 0 spiro atoms. The van der Waals surface area contributed by atoms with Crippen LogP contribution in [0.1, 0.15) is 10.5 Å². The molecule has 88 valence electrons. The number of carbonyl (C=O) groups is 1. The maximum Gasteiger partial charge on any atom is 0.273 e. The highest BCUT2D eigenvalue weighted by atomic mass is 79.9. The highest BCUT2D eigenvalue weighted by Crippen LogP contribution is 2.19. The summed E-state index contributed by atoms with van der Waals surface area (Å²) >= 11 is 3.13. The third-order valence-corrected chi connectivity index (χ3v) is 2.51. The molecule has 5 nitrogen and oxygen atoms in total. The molecule has 0 aliphatic carbocycles. The van der Waals surface area contributed by atoms with E-state index in [-0.39, 0.29) is 17.2 Å². The lowest BCUT2D eigenvalue weighted by Gasteiger charge is -2.04. The molecule has 0 radical (unpaired) electrons. The average Bonchev–Trinajstić information content (AvgIpc) is 2.69. The summed E-state index contributed by atoms with van der Waals surface area (Å²) in [6.45, 7) is 0. The molecule has 1 aromatic carbocycles. The molecule has 0 atom stereocenters. The van der Waals surface area contributed by atoms with E-state index < -0.39 is 11.7 Å². The molecular weight excluding hydrogens is 291 g/mol. The first-order valence-electron chi connectivity index (χ1n) is 4.63. The predicted molar refractivity (Wildman–Crippen MR) is 65.1 cm³/mol. The molecule has 0 saturated heterocycles. The van der Waals surface area contributed by atoms with Crippen LogP contribution in [0.25, 0.3) is 0 Å². The van der Waals surface area contributed by atoms with Crippen LogP contribution in [0.5, 0.6) is 0 Å². The van der Waals surface area contributed by atoms with Crippen LogP contribution in [0.2, 0.25) is 0 Å². The SMILES string of the molecule is Nc1cc(C(=O)Nc2ccc(Br)cc2F)[nH]n1. The quantitative estimate of drug-likeness (QED) is 0.794. The number of anilines is 2. The van der Waals surface area contributed by atoms with Gasteiger partial charge in [-0.2, -0.15) is 5.10 Å². The summed E-state index contributed by atoms with van der Waals surface area (Å²) < 4.78 is 14.0. The molecule has 7 heteroatoms. The number of nitrogens with zero attached hydrogens (tertiary/aromatic N) is 1. The van der Waals surface area contributed by atoms with E-state index in [4.69, 9.17) is 5.73 Å². The second kappa shape index (κ2) is 4.54. The van der Waals surface area contributed by atoms with Crippen molar-refractivity contribution in [3.05, 3.63) is 40.2 Å². The van der Waals surface area contributed by atoms with E-state index in [1.165, 1.54) is 18.2 Å². The van der Waals surface area contributed by atoms with Crippen LogP contribution in [0.15, 0.2) is 28.7 Å². The Labute approximate surface area is 104 Å². The fourth-order valence-corrected chi connectivity index (χ4v) is 1.57. The lowest BCUT2D eigenvalue weighted by Crippen LogP contribution is -2.13. The van der Waals surface area contributed by atoms with Gasteiger partial charge in [0.1, 0.15) is 17.3 Å². The molecule has 0 fully saturated rings. The molecular formula is C10H8BrFN4O. The molecule has 0 aliphatic heterocycles. The normalized spacial score (nSPS) is 10.2. The van der Waals surface area contributed by atoms with Gasteiger partial charge >= 0.3 is 0 Å². The lowest BCUT2D eigenvalue weighted by molar-refractivity contribution is 0.102. The van der Waals surface area contributed by atoms with Crippen molar-refractivity contribution in [3.63, 3.8) is 0 Å². The number of nitrogen functional groups attached to an aromatic ring is 1. The van der Waals surface area contributed by atoms with Crippen molar-refractivity contribution in [1.82, 2.24) is 10.2 Å². The van der Waals surface area contributed by atoms with Gasteiger partial charge in [0, 0.05) is 10.5 Å². The van der Waals surface area contributed by atoms with Crippen LogP contribution in [0, 0.1) is 5.82 Å². The first-order valence-corrected chi connectivity index (χ1v) is 5.43. The van der Waals surface area contributed by atoms with E-state index in [2.05, 4.69) is 31.4 Å². The van der Waals surface area contributed by atoms with Crippen molar-refractivity contribution in [2.75, 3.05) is 11.1 Å². The minimum atomic E-state index is -0.528. The predicted octanol–water partition coefficient (Wildman–Crippen LogP) is 2.15. The van der Waals surface area contributed by atoms with Gasteiger partial charge in [-0.15, -0.1) is 0 Å². The highest BCUT2D eigenvalue weighted by molar-refractivity contribution is 9.10. The number of nitrogens with two attached hydrogens (primary N) is 1. The molecule has 17 heavy (non-hydrogen) atoms. The number of aromatic nitrogens is 2. The summed E-state index contributed by atoms with van der Waals surface area (Å²) in [6, 6.07) is 5.71. The van der Waals surface area contributed by atoms with E-state index in [9.17, 15) is 9.18 Å². The molecule has 4 N–H and O–H groups in total. The van der Waals surface area contributed by atoms with Crippen LogP contribution in [-0.4, -0.2) is 16.1 Å². The largest absolute Gasteiger partial charge is 0.382 e. The summed E-state index contributed by atoms with van der Waals surface area (Å²) in [7, 11) is 0. The van der Waals surface area contributed by atoms with Crippen molar-refractivity contribution in [2.45, 2.75) is 0 Å². The number of hydrogen-bond acceptors (Lipinski definition) is 3. The van der Waals surface area contributed by atoms with Crippen LogP contribution in [0.3, 0.4) is 0 Å². The summed E-state index contributed by atoms with van der Waals surface area (Å²) in [5.74, 6) is -0.831. The van der Waals surface area contributed by atoms with Crippen LogP contribution in [-0.2, 0) is 0 Å². The molecule has 0 unspecified atom stereocenters. The van der Waals surface area contributed by atoms with Gasteiger partial charge in [0.25, 0.3) is 5.91 Å². The Morgan fingerprint density at radius 1 is 1.47 bits per heavy atom. The summed E-state index contributed by atoms with van der Waals surface area (Å²) in [6.07, 6.45) is 0. The topological polar surface area (TPSA) is 83.8 Å². The molecule has 0 saturated carbocycles. The molecule has 0 aliphatic rings. The fraction of sp³-hybridized carbons (Fsp3) is 0. The number of hydrogen-bond donors (Lipinski definition) is 3. The number of aromatic amines is 1. The number of benzene rings is 1. The summed E-state index contributed by atoms with van der Waals surface area (Å²) in [5, 5.41) is 8.45. The first kappa shape index (κ1) is 11.6. The van der Waals surface area contributed by atoms with E-state index in [0.717, 1.165) is 0 Å². The maximum absolute atomic E-state index is 13.4. The molecule has 2 aromatic rings. The Morgan fingerprint density at radius 3 is 2.82 bits per heavy atom. The number of carbonyl (C=O) groups excluding carboxylic acids is 1. The second-order valence-electron chi connectivity index (χ2n) is 3.28. The second-order valence-corrected chi connectivity index (χ2v) is 4.20. The number of nitrogens with one attached hydrogen (secondary N) is 2. The van der Waals surface area contributed by atoms with Gasteiger partial charge in [0.05, 0.1) is 5.69 Å². The van der Waals surface area contributed by atoms with Crippen molar-refractivity contribution in [2.24, 2.45) is 0 Å². The molecule has 2 rings (SSSR count). The zero-order chi connectivity index (χ0) is 12.4. The number of H-pyrrole nitrogens is 1. The Bertz CT molecular complexity index is 569. The van der Waals surface area contributed by atoms with E-state index in [0.29, 0.717) is 4.47 Å². The van der Waals surface area contributed by atoms with E-state index in [1.807, 2.05) is 0 Å². The summed E-state index contributed by atoms with van der Waals surface area (Å²) in [5.41, 5.74) is 5.62. The van der Waals surface area contributed by atoms with Crippen LogP contribution < -0.4 is 11.1 Å². The number of amides is 1. The Hall–Kier alpha value is -1.89. The van der Waals surface area contributed by atoms with Crippen LogP contribution in [0.4, 0.5) is 15.9 Å².